The molecule has 3 aromatic carbocycles. The van der Waals surface area contributed by atoms with Crippen LogP contribution in [0.2, 0.25) is 5.02 Å². The molecule has 4 rings (SSSR count). The van der Waals surface area contributed by atoms with Crippen LogP contribution in [0.4, 0.5) is 15.8 Å². The van der Waals surface area contributed by atoms with E-state index in [0.29, 0.717) is 16.3 Å². The number of carbonyl (C=O) groups excluding carboxylic acids is 2. The molecule has 0 saturated carbocycles. The van der Waals surface area contributed by atoms with Crippen molar-refractivity contribution in [3.63, 3.8) is 0 Å². The zero-order chi connectivity index (χ0) is 20.5. The molecule has 0 N–H and O–H groups in total. The molecule has 0 atom stereocenters. The van der Waals surface area contributed by atoms with Gasteiger partial charge in [-0.05, 0) is 48.0 Å². The summed E-state index contributed by atoms with van der Waals surface area (Å²) in [5.41, 5.74) is 2.01. The number of rotatable bonds is 4. The number of nitrogens with zero attached hydrogens (tertiary/aromatic N) is 2. The van der Waals surface area contributed by atoms with Gasteiger partial charge in [0.05, 0.1) is 11.3 Å². The number of anilines is 2. The smallest absolute Gasteiger partial charge is 0.282 e. The summed E-state index contributed by atoms with van der Waals surface area (Å²) in [5.74, 6) is -1.37. The van der Waals surface area contributed by atoms with Crippen LogP contribution in [0, 0.1) is 5.82 Å². The molecule has 1 aliphatic heterocycles. The Labute approximate surface area is 172 Å². The topological polar surface area (TPSA) is 40.6 Å². The molecule has 0 unspecified atom stereocenters. The summed E-state index contributed by atoms with van der Waals surface area (Å²) in [7, 11) is 1.72. The fraction of sp³-hybridized carbons (Fsp3) is 0.0435. The van der Waals surface area contributed by atoms with E-state index < -0.39 is 17.6 Å². The van der Waals surface area contributed by atoms with Gasteiger partial charge in [-0.25, -0.2) is 9.29 Å². The molecule has 144 valence electrons. The minimum absolute atomic E-state index is 0.210. The Balaban J connectivity index is 1.88. The fourth-order valence-corrected chi connectivity index (χ4v) is 3.52. The lowest BCUT2D eigenvalue weighted by molar-refractivity contribution is -0.120. The van der Waals surface area contributed by atoms with E-state index in [9.17, 15) is 14.0 Å². The third-order valence-corrected chi connectivity index (χ3v) is 4.97. The first-order chi connectivity index (χ1) is 14.0. The van der Waals surface area contributed by atoms with E-state index in [2.05, 4.69) is 0 Å². The average molecular weight is 407 g/mol. The Morgan fingerprint density at radius 2 is 1.55 bits per heavy atom. The van der Waals surface area contributed by atoms with E-state index in [4.69, 9.17) is 11.6 Å². The van der Waals surface area contributed by atoms with Crippen molar-refractivity contribution in [2.45, 2.75) is 0 Å². The third-order valence-electron chi connectivity index (χ3n) is 4.74. The van der Waals surface area contributed by atoms with Gasteiger partial charge < -0.3 is 4.90 Å². The maximum Gasteiger partial charge on any atom is 0.282 e. The lowest BCUT2D eigenvalue weighted by Gasteiger charge is -2.21. The van der Waals surface area contributed by atoms with Gasteiger partial charge in [0.1, 0.15) is 11.5 Å². The average Bonchev–Trinajstić information content (AvgIpc) is 2.99. The summed E-state index contributed by atoms with van der Waals surface area (Å²) in [5, 5.41) is 0.413. The first kappa shape index (κ1) is 18.9. The number of likely N-dealkylation sites (N-methyl/N-ethyl adjacent to an activating group) is 1. The summed E-state index contributed by atoms with van der Waals surface area (Å²) in [6.07, 6.45) is 0. The Morgan fingerprint density at radius 1 is 0.862 bits per heavy atom. The predicted octanol–water partition coefficient (Wildman–Crippen LogP) is 4.90. The second-order valence-electron chi connectivity index (χ2n) is 6.55. The van der Waals surface area contributed by atoms with Crippen LogP contribution in [-0.4, -0.2) is 18.9 Å². The molecule has 0 bridgehead atoms. The lowest BCUT2D eigenvalue weighted by Crippen LogP contribution is -2.34. The molecule has 0 saturated heterocycles. The Kier molecular flexibility index (Phi) is 4.91. The Hall–Kier alpha value is -3.44. The number of hydrogen-bond acceptors (Lipinski definition) is 3. The van der Waals surface area contributed by atoms with Gasteiger partial charge in [-0.15, -0.1) is 0 Å². The standard InChI is InChI=1S/C23H16ClFN2O2/c1-26(18-7-3-2-4-8-18)21-20(15-10-12-17(25)13-11-15)22(28)27(23(21)29)19-9-5-6-16(24)14-19/h2-14H,1H3. The summed E-state index contributed by atoms with van der Waals surface area (Å²) in [4.78, 5) is 29.5. The molecule has 3 aromatic rings. The van der Waals surface area contributed by atoms with Gasteiger partial charge in [-0.3, -0.25) is 9.59 Å². The second-order valence-corrected chi connectivity index (χ2v) is 6.99. The molecule has 6 heteroatoms. The monoisotopic (exact) mass is 406 g/mol. The van der Waals surface area contributed by atoms with Crippen molar-refractivity contribution in [2.75, 3.05) is 16.8 Å². The molecule has 29 heavy (non-hydrogen) atoms. The summed E-state index contributed by atoms with van der Waals surface area (Å²) in [6, 6.07) is 21.3. The van der Waals surface area contributed by atoms with Gasteiger partial charge in [0.2, 0.25) is 0 Å². The SMILES string of the molecule is CN(C1=C(c2ccc(F)cc2)C(=O)N(c2cccc(Cl)c2)C1=O)c1ccccc1. The normalized spacial score (nSPS) is 14.0. The minimum Gasteiger partial charge on any atom is -0.339 e. The van der Waals surface area contributed by atoms with Gasteiger partial charge in [0.25, 0.3) is 11.8 Å². The predicted molar refractivity (Wildman–Crippen MR) is 112 cm³/mol. The third kappa shape index (κ3) is 3.41. The van der Waals surface area contributed by atoms with E-state index in [1.54, 1.807) is 36.2 Å². The highest BCUT2D eigenvalue weighted by molar-refractivity contribution is 6.46. The van der Waals surface area contributed by atoms with Crippen molar-refractivity contribution in [2.24, 2.45) is 0 Å². The molecule has 0 fully saturated rings. The molecule has 1 heterocycles. The highest BCUT2D eigenvalue weighted by Gasteiger charge is 2.42. The molecule has 4 nitrogen and oxygen atoms in total. The quantitative estimate of drug-likeness (QED) is 0.578. The maximum absolute atomic E-state index is 13.5. The molecular weight excluding hydrogens is 391 g/mol. The number of imide groups is 1. The van der Waals surface area contributed by atoms with E-state index in [1.807, 2.05) is 30.3 Å². The van der Waals surface area contributed by atoms with Crippen molar-refractivity contribution in [3.05, 3.63) is 101 Å². The number of hydrogen-bond donors (Lipinski definition) is 0. The maximum atomic E-state index is 13.5. The largest absolute Gasteiger partial charge is 0.339 e. The zero-order valence-corrected chi connectivity index (χ0v) is 16.2. The summed E-state index contributed by atoms with van der Waals surface area (Å²) in [6.45, 7) is 0. The van der Waals surface area contributed by atoms with Gasteiger partial charge in [0, 0.05) is 17.8 Å². The van der Waals surface area contributed by atoms with Crippen LogP contribution in [-0.2, 0) is 9.59 Å². The van der Waals surface area contributed by atoms with Crippen molar-refractivity contribution in [1.29, 1.82) is 0 Å². The van der Waals surface area contributed by atoms with E-state index in [-0.39, 0.29) is 11.3 Å². The molecule has 0 spiro atoms. The first-order valence-electron chi connectivity index (χ1n) is 8.90. The van der Waals surface area contributed by atoms with Crippen LogP contribution in [0.25, 0.3) is 5.57 Å². The van der Waals surface area contributed by atoms with E-state index in [0.717, 1.165) is 10.6 Å². The van der Waals surface area contributed by atoms with E-state index >= 15 is 0 Å². The highest BCUT2D eigenvalue weighted by atomic mass is 35.5. The van der Waals surface area contributed by atoms with Gasteiger partial charge >= 0.3 is 0 Å². The Bertz CT molecular complexity index is 1130. The molecule has 0 aliphatic carbocycles. The van der Waals surface area contributed by atoms with E-state index in [1.165, 1.54) is 24.3 Å². The molecular formula is C23H16ClFN2O2. The Morgan fingerprint density at radius 3 is 2.21 bits per heavy atom. The number of halogens is 2. The summed E-state index contributed by atoms with van der Waals surface area (Å²) >= 11 is 6.07. The van der Waals surface area contributed by atoms with Crippen LogP contribution in [0.3, 0.4) is 0 Å². The number of para-hydroxylation sites is 1. The van der Waals surface area contributed by atoms with Crippen LogP contribution >= 0.6 is 11.6 Å². The molecule has 0 radical (unpaired) electrons. The van der Waals surface area contributed by atoms with Crippen molar-refractivity contribution < 1.29 is 14.0 Å². The number of amides is 2. The lowest BCUT2D eigenvalue weighted by atomic mass is 10.0. The highest BCUT2D eigenvalue weighted by Crippen LogP contribution is 2.36. The van der Waals surface area contributed by atoms with Crippen LogP contribution < -0.4 is 9.80 Å². The second kappa shape index (κ2) is 7.53. The van der Waals surface area contributed by atoms with Crippen LogP contribution in [0.5, 0.6) is 0 Å². The van der Waals surface area contributed by atoms with Crippen molar-refractivity contribution in [3.8, 4) is 0 Å². The first-order valence-corrected chi connectivity index (χ1v) is 9.28. The number of benzene rings is 3. The summed E-state index contributed by atoms with van der Waals surface area (Å²) < 4.78 is 13.5. The van der Waals surface area contributed by atoms with Crippen molar-refractivity contribution >= 4 is 40.4 Å². The van der Waals surface area contributed by atoms with Crippen LogP contribution in [0.1, 0.15) is 5.56 Å². The van der Waals surface area contributed by atoms with Crippen molar-refractivity contribution in [1.82, 2.24) is 0 Å². The number of carbonyl (C=O) groups is 2. The minimum atomic E-state index is -0.485. The van der Waals surface area contributed by atoms with Gasteiger partial charge in [0.15, 0.2) is 0 Å². The molecule has 1 aliphatic rings. The van der Waals surface area contributed by atoms with Gasteiger partial charge in [-0.1, -0.05) is 48.0 Å². The molecule has 0 aromatic heterocycles. The molecule has 2 amide bonds. The van der Waals surface area contributed by atoms with Gasteiger partial charge in [-0.2, -0.15) is 0 Å². The fourth-order valence-electron chi connectivity index (χ4n) is 3.34. The zero-order valence-electron chi connectivity index (χ0n) is 15.5. The van der Waals surface area contributed by atoms with Crippen LogP contribution in [0.15, 0.2) is 84.6 Å².